The third kappa shape index (κ3) is 4.81. The second-order valence-corrected chi connectivity index (χ2v) is 6.59. The second kappa shape index (κ2) is 8.05. The van der Waals surface area contributed by atoms with E-state index in [0.29, 0.717) is 6.61 Å². The summed E-state index contributed by atoms with van der Waals surface area (Å²) in [4.78, 5) is 11.9. The maximum Gasteiger partial charge on any atom is 0.326 e. The molecule has 1 unspecified atom stereocenters. The van der Waals surface area contributed by atoms with E-state index in [0.717, 1.165) is 17.4 Å². The number of ether oxygens (including phenoxy) is 1. The van der Waals surface area contributed by atoms with E-state index in [2.05, 4.69) is 5.32 Å². The van der Waals surface area contributed by atoms with Gasteiger partial charge in [-0.25, -0.2) is 0 Å². The van der Waals surface area contributed by atoms with E-state index in [1.807, 2.05) is 32.7 Å². The smallest absolute Gasteiger partial charge is 0.326 e. The Hall–Kier alpha value is -0.220. The molecule has 0 spiro atoms. The normalized spacial score (nSPS) is 20.4. The Morgan fingerprint density at radius 1 is 1.39 bits per heavy atom. The van der Waals surface area contributed by atoms with Crippen LogP contribution in [-0.4, -0.2) is 36.2 Å². The van der Waals surface area contributed by atoms with E-state index >= 15 is 0 Å². The molecule has 1 atom stereocenters. The van der Waals surface area contributed by atoms with Crippen molar-refractivity contribution in [2.75, 3.05) is 19.4 Å². The molecule has 18 heavy (non-hydrogen) atoms. The van der Waals surface area contributed by atoms with Crippen LogP contribution < -0.4 is 5.32 Å². The molecule has 1 N–H and O–H groups in total. The van der Waals surface area contributed by atoms with Crippen molar-refractivity contribution >= 4 is 17.7 Å². The van der Waals surface area contributed by atoms with Gasteiger partial charge >= 0.3 is 5.97 Å². The summed E-state index contributed by atoms with van der Waals surface area (Å²) in [6.45, 7) is 4.24. The Balaban J connectivity index is 2.31. The maximum atomic E-state index is 11.9. The van der Waals surface area contributed by atoms with Gasteiger partial charge in [-0.1, -0.05) is 19.3 Å². The van der Waals surface area contributed by atoms with Crippen molar-refractivity contribution in [3.63, 3.8) is 0 Å². The number of rotatable bonds is 7. The van der Waals surface area contributed by atoms with E-state index in [1.165, 1.54) is 32.1 Å². The SMILES string of the molecule is CCOC(=O)C(C)(CCSC1CCCCC1)NC. The van der Waals surface area contributed by atoms with Crippen LogP contribution in [0.25, 0.3) is 0 Å². The summed E-state index contributed by atoms with van der Waals surface area (Å²) in [5, 5.41) is 3.92. The second-order valence-electron chi connectivity index (χ2n) is 5.18. The molecule has 1 saturated carbocycles. The number of carbonyl (C=O) groups is 1. The van der Waals surface area contributed by atoms with Gasteiger partial charge in [0.25, 0.3) is 0 Å². The molecule has 4 heteroatoms. The molecule has 0 bridgehead atoms. The summed E-state index contributed by atoms with van der Waals surface area (Å²) >= 11 is 2.03. The number of esters is 1. The molecule has 1 rings (SSSR count). The lowest BCUT2D eigenvalue weighted by Crippen LogP contribution is -2.49. The fourth-order valence-corrected chi connectivity index (χ4v) is 3.81. The van der Waals surface area contributed by atoms with Crippen LogP contribution in [0, 0.1) is 0 Å². The van der Waals surface area contributed by atoms with Crippen molar-refractivity contribution in [3.8, 4) is 0 Å². The molecule has 0 radical (unpaired) electrons. The molecule has 1 aliphatic carbocycles. The van der Waals surface area contributed by atoms with Gasteiger partial charge in [0.05, 0.1) is 6.61 Å². The summed E-state index contributed by atoms with van der Waals surface area (Å²) in [7, 11) is 1.84. The van der Waals surface area contributed by atoms with Crippen molar-refractivity contribution in [1.29, 1.82) is 0 Å². The van der Waals surface area contributed by atoms with E-state index in [9.17, 15) is 4.79 Å². The van der Waals surface area contributed by atoms with Gasteiger partial charge in [-0.15, -0.1) is 0 Å². The number of thioether (sulfide) groups is 1. The first-order valence-corrected chi connectivity index (χ1v) is 8.15. The van der Waals surface area contributed by atoms with Crippen molar-refractivity contribution in [2.45, 2.75) is 63.2 Å². The number of likely N-dealkylation sites (N-methyl/N-ethyl adjacent to an activating group) is 1. The van der Waals surface area contributed by atoms with Crippen molar-refractivity contribution in [1.82, 2.24) is 5.32 Å². The minimum Gasteiger partial charge on any atom is -0.465 e. The molecule has 3 nitrogen and oxygen atoms in total. The molecule has 0 aliphatic heterocycles. The fraction of sp³-hybridized carbons (Fsp3) is 0.929. The first-order valence-electron chi connectivity index (χ1n) is 7.10. The lowest BCUT2D eigenvalue weighted by atomic mass is 9.99. The van der Waals surface area contributed by atoms with Crippen LogP contribution >= 0.6 is 11.8 Å². The Bertz CT molecular complexity index is 254. The molecule has 0 heterocycles. The average molecular weight is 273 g/mol. The van der Waals surface area contributed by atoms with E-state index in [-0.39, 0.29) is 5.97 Å². The van der Waals surface area contributed by atoms with E-state index in [1.54, 1.807) is 0 Å². The molecular formula is C14H27NO2S. The zero-order chi connectivity index (χ0) is 13.4. The van der Waals surface area contributed by atoms with Gasteiger partial charge in [0, 0.05) is 5.25 Å². The van der Waals surface area contributed by atoms with E-state index < -0.39 is 5.54 Å². The first kappa shape index (κ1) is 15.8. The third-order valence-electron chi connectivity index (χ3n) is 3.79. The largest absolute Gasteiger partial charge is 0.465 e. The zero-order valence-corrected chi connectivity index (χ0v) is 12.8. The molecule has 0 aromatic heterocycles. The zero-order valence-electron chi connectivity index (χ0n) is 12.0. The van der Waals surface area contributed by atoms with Gasteiger partial charge in [0.15, 0.2) is 0 Å². The van der Waals surface area contributed by atoms with Gasteiger partial charge in [0.2, 0.25) is 0 Å². The maximum absolute atomic E-state index is 11.9. The molecule has 0 aromatic rings. The van der Waals surface area contributed by atoms with Gasteiger partial charge in [0.1, 0.15) is 5.54 Å². The van der Waals surface area contributed by atoms with Gasteiger partial charge in [-0.2, -0.15) is 11.8 Å². The van der Waals surface area contributed by atoms with Crippen molar-refractivity contribution < 1.29 is 9.53 Å². The summed E-state index contributed by atoms with van der Waals surface area (Å²) in [5.41, 5.74) is -0.530. The quantitative estimate of drug-likeness (QED) is 0.724. The summed E-state index contributed by atoms with van der Waals surface area (Å²) in [6, 6.07) is 0. The standard InChI is InChI=1S/C14H27NO2S/c1-4-17-13(16)14(2,15-3)10-11-18-12-8-6-5-7-9-12/h12,15H,4-11H2,1-3H3. The molecule has 1 aliphatic rings. The number of hydrogen-bond donors (Lipinski definition) is 1. The monoisotopic (exact) mass is 273 g/mol. The summed E-state index contributed by atoms with van der Waals surface area (Å²) in [5.74, 6) is 0.901. The topological polar surface area (TPSA) is 38.3 Å². The number of nitrogens with one attached hydrogen (secondary N) is 1. The molecule has 1 fully saturated rings. The van der Waals surface area contributed by atoms with Crippen LogP contribution in [0.15, 0.2) is 0 Å². The molecule has 0 aromatic carbocycles. The molecule has 0 amide bonds. The predicted molar refractivity (Wildman–Crippen MR) is 78.0 cm³/mol. The average Bonchev–Trinajstić information content (AvgIpc) is 2.40. The third-order valence-corrected chi connectivity index (χ3v) is 5.17. The fourth-order valence-electron chi connectivity index (χ4n) is 2.28. The Morgan fingerprint density at radius 2 is 2.06 bits per heavy atom. The molecule has 0 saturated heterocycles. The lowest BCUT2D eigenvalue weighted by molar-refractivity contribution is -0.150. The van der Waals surface area contributed by atoms with E-state index in [4.69, 9.17) is 4.74 Å². The first-order chi connectivity index (χ1) is 8.62. The summed E-state index contributed by atoms with van der Waals surface area (Å²) in [6.07, 6.45) is 7.68. The van der Waals surface area contributed by atoms with Crippen LogP contribution in [-0.2, 0) is 9.53 Å². The van der Waals surface area contributed by atoms with Gasteiger partial charge in [-0.3, -0.25) is 4.79 Å². The van der Waals surface area contributed by atoms with Crippen molar-refractivity contribution in [3.05, 3.63) is 0 Å². The predicted octanol–water partition coefficient (Wildman–Crippen LogP) is 2.98. The Labute approximate surface area is 115 Å². The van der Waals surface area contributed by atoms with Crippen LogP contribution in [0.4, 0.5) is 0 Å². The van der Waals surface area contributed by atoms with Crippen LogP contribution in [0.5, 0.6) is 0 Å². The lowest BCUT2D eigenvalue weighted by Gasteiger charge is -2.28. The van der Waals surface area contributed by atoms with Crippen LogP contribution in [0.3, 0.4) is 0 Å². The van der Waals surface area contributed by atoms with Gasteiger partial charge in [-0.05, 0) is 45.9 Å². The molecular weight excluding hydrogens is 246 g/mol. The minimum atomic E-state index is -0.530. The molecule has 106 valence electrons. The summed E-state index contributed by atoms with van der Waals surface area (Å²) < 4.78 is 5.13. The number of carbonyl (C=O) groups excluding carboxylic acids is 1. The van der Waals surface area contributed by atoms with Crippen LogP contribution in [0.2, 0.25) is 0 Å². The Kier molecular flexibility index (Phi) is 7.08. The van der Waals surface area contributed by atoms with Crippen LogP contribution in [0.1, 0.15) is 52.4 Å². The highest BCUT2D eigenvalue weighted by atomic mass is 32.2. The highest BCUT2D eigenvalue weighted by molar-refractivity contribution is 7.99. The Morgan fingerprint density at radius 3 is 2.61 bits per heavy atom. The van der Waals surface area contributed by atoms with Crippen molar-refractivity contribution in [2.24, 2.45) is 0 Å². The van der Waals surface area contributed by atoms with Gasteiger partial charge < -0.3 is 10.1 Å². The highest BCUT2D eigenvalue weighted by Crippen LogP contribution is 2.29. The minimum absolute atomic E-state index is 0.128. The highest BCUT2D eigenvalue weighted by Gasteiger charge is 2.32. The number of hydrogen-bond acceptors (Lipinski definition) is 4.